The average molecular weight is 173 g/mol. The van der Waals surface area contributed by atoms with E-state index in [2.05, 4.69) is 10.3 Å². The summed E-state index contributed by atoms with van der Waals surface area (Å²) in [5.41, 5.74) is 2.02. The minimum absolute atomic E-state index is 0.265. The number of nitrogens with zero attached hydrogens (tertiary/aromatic N) is 2. The van der Waals surface area contributed by atoms with E-state index in [1.807, 2.05) is 24.3 Å². The topological polar surface area (TPSA) is 57.4 Å². The van der Waals surface area contributed by atoms with Gasteiger partial charge in [0.25, 0.3) is 0 Å². The Morgan fingerprint density at radius 2 is 2.31 bits per heavy atom. The van der Waals surface area contributed by atoms with Crippen LogP contribution in [0.25, 0.3) is 0 Å². The molecule has 64 valence electrons. The van der Waals surface area contributed by atoms with E-state index < -0.39 is 0 Å². The molecule has 0 saturated heterocycles. The van der Waals surface area contributed by atoms with E-state index in [9.17, 15) is 0 Å². The van der Waals surface area contributed by atoms with Crippen LogP contribution in [0.2, 0.25) is 0 Å². The second-order valence-corrected chi connectivity index (χ2v) is 2.59. The summed E-state index contributed by atoms with van der Waals surface area (Å²) < 4.78 is 5.16. The number of hydrogen-bond acceptors (Lipinski definition) is 3. The highest BCUT2D eigenvalue weighted by Crippen LogP contribution is 2.20. The maximum absolute atomic E-state index is 8.31. The standard InChI is InChI=1S/C9H7N3O/c10-6-11-9-12-8-4-2-1-3-7(8)5-13-9/h1-4H,5H2,(H,11,12). The molecule has 4 nitrogen and oxygen atoms in total. The van der Waals surface area contributed by atoms with Gasteiger partial charge in [-0.15, -0.1) is 4.99 Å². The number of anilines is 1. The molecule has 1 aliphatic heterocycles. The summed E-state index contributed by atoms with van der Waals surface area (Å²) in [5, 5.41) is 11.2. The van der Waals surface area contributed by atoms with Gasteiger partial charge in [0.2, 0.25) is 6.19 Å². The van der Waals surface area contributed by atoms with Gasteiger partial charge >= 0.3 is 6.02 Å². The molecular formula is C9H7N3O. The normalized spacial score (nSPS) is 16.7. The largest absolute Gasteiger partial charge is 0.459 e. The number of hydrogen-bond donors (Lipinski definition) is 1. The summed E-state index contributed by atoms with van der Waals surface area (Å²) in [6.45, 7) is 0.462. The number of ether oxygens (including phenoxy) is 1. The Kier molecular flexibility index (Phi) is 1.85. The van der Waals surface area contributed by atoms with Gasteiger partial charge in [0.1, 0.15) is 6.61 Å². The maximum atomic E-state index is 8.31. The number of aliphatic imine (C=N–C) groups is 1. The van der Waals surface area contributed by atoms with Crippen molar-refractivity contribution >= 4 is 11.7 Å². The molecule has 13 heavy (non-hydrogen) atoms. The molecule has 0 radical (unpaired) electrons. The van der Waals surface area contributed by atoms with Gasteiger partial charge in [-0.05, 0) is 6.07 Å². The zero-order valence-electron chi connectivity index (χ0n) is 6.82. The molecule has 0 bridgehead atoms. The van der Waals surface area contributed by atoms with E-state index in [1.54, 1.807) is 6.19 Å². The van der Waals surface area contributed by atoms with E-state index in [1.165, 1.54) is 0 Å². The molecule has 1 heterocycles. The van der Waals surface area contributed by atoms with E-state index >= 15 is 0 Å². The number of nitrogens with one attached hydrogen (secondary N) is 1. The van der Waals surface area contributed by atoms with Crippen molar-refractivity contribution in [3.05, 3.63) is 29.8 Å². The van der Waals surface area contributed by atoms with Gasteiger partial charge in [-0.3, -0.25) is 0 Å². The van der Waals surface area contributed by atoms with Gasteiger partial charge in [0.05, 0.1) is 0 Å². The van der Waals surface area contributed by atoms with Crippen molar-refractivity contribution in [2.24, 2.45) is 4.99 Å². The Morgan fingerprint density at radius 3 is 3.15 bits per heavy atom. The summed E-state index contributed by atoms with van der Waals surface area (Å²) >= 11 is 0. The molecule has 0 unspecified atom stereocenters. The number of para-hydroxylation sites is 1. The number of nitriles is 1. The first kappa shape index (κ1) is 7.62. The predicted octanol–water partition coefficient (Wildman–Crippen LogP) is 1.47. The van der Waals surface area contributed by atoms with Gasteiger partial charge in [0, 0.05) is 11.3 Å². The molecule has 0 spiro atoms. The van der Waals surface area contributed by atoms with Crippen LogP contribution >= 0.6 is 0 Å². The van der Waals surface area contributed by atoms with Crippen LogP contribution < -0.4 is 5.32 Å². The second-order valence-electron chi connectivity index (χ2n) is 2.59. The molecule has 1 aliphatic rings. The third-order valence-electron chi connectivity index (χ3n) is 1.77. The average Bonchev–Trinajstić information content (AvgIpc) is 2.18. The molecule has 0 saturated carbocycles. The smallest absolute Gasteiger partial charge is 0.305 e. The quantitative estimate of drug-likeness (QED) is 0.604. The van der Waals surface area contributed by atoms with Gasteiger partial charge in [-0.1, -0.05) is 18.2 Å². The molecule has 1 aromatic rings. The van der Waals surface area contributed by atoms with E-state index in [4.69, 9.17) is 10.00 Å². The lowest BCUT2D eigenvalue weighted by molar-refractivity contribution is 0.286. The first-order chi connectivity index (χ1) is 6.40. The number of rotatable bonds is 0. The van der Waals surface area contributed by atoms with Crippen molar-refractivity contribution in [3.63, 3.8) is 0 Å². The Morgan fingerprint density at radius 1 is 1.46 bits per heavy atom. The van der Waals surface area contributed by atoms with E-state index in [0.29, 0.717) is 6.61 Å². The van der Waals surface area contributed by atoms with Crippen LogP contribution in [0.3, 0.4) is 0 Å². The van der Waals surface area contributed by atoms with Gasteiger partial charge in [0.15, 0.2) is 0 Å². The van der Waals surface area contributed by atoms with Crippen LogP contribution in [0.4, 0.5) is 5.69 Å². The molecule has 0 aliphatic carbocycles. The lowest BCUT2D eigenvalue weighted by Gasteiger charge is -2.18. The van der Waals surface area contributed by atoms with Crippen molar-refractivity contribution in [3.8, 4) is 6.19 Å². The molecular weight excluding hydrogens is 166 g/mol. The Hall–Kier alpha value is -2.02. The second kappa shape index (κ2) is 3.15. The van der Waals surface area contributed by atoms with Gasteiger partial charge in [-0.25, -0.2) is 0 Å². The summed E-state index contributed by atoms with van der Waals surface area (Å²) in [6.07, 6.45) is 1.67. The Labute approximate surface area is 75.5 Å². The Balaban J connectivity index is 2.31. The lowest BCUT2D eigenvalue weighted by atomic mass is 10.2. The molecule has 0 fully saturated rings. The first-order valence-electron chi connectivity index (χ1n) is 3.84. The van der Waals surface area contributed by atoms with Crippen LogP contribution in [0.5, 0.6) is 0 Å². The highest BCUT2D eigenvalue weighted by atomic mass is 16.5. The van der Waals surface area contributed by atoms with Crippen molar-refractivity contribution in [1.29, 1.82) is 5.26 Å². The van der Waals surface area contributed by atoms with Crippen LogP contribution in [-0.4, -0.2) is 6.02 Å². The van der Waals surface area contributed by atoms with Crippen LogP contribution in [0.15, 0.2) is 29.3 Å². The maximum Gasteiger partial charge on any atom is 0.305 e. The molecule has 0 atom stereocenters. The van der Waals surface area contributed by atoms with E-state index in [0.717, 1.165) is 11.3 Å². The van der Waals surface area contributed by atoms with Crippen molar-refractivity contribution < 1.29 is 4.74 Å². The molecule has 0 aromatic heterocycles. The Bertz CT molecular complexity index is 392. The minimum Gasteiger partial charge on any atom is -0.459 e. The van der Waals surface area contributed by atoms with E-state index in [-0.39, 0.29) is 6.02 Å². The zero-order valence-corrected chi connectivity index (χ0v) is 6.82. The van der Waals surface area contributed by atoms with Crippen LogP contribution in [-0.2, 0) is 11.3 Å². The summed E-state index contributed by atoms with van der Waals surface area (Å²) in [6, 6.07) is 8.01. The monoisotopic (exact) mass is 173 g/mol. The molecule has 2 rings (SSSR count). The van der Waals surface area contributed by atoms with Gasteiger partial charge < -0.3 is 10.1 Å². The fourth-order valence-corrected chi connectivity index (χ4v) is 1.17. The minimum atomic E-state index is 0.265. The SMILES string of the molecule is N#CN=C1Nc2ccccc2CO1. The third-order valence-corrected chi connectivity index (χ3v) is 1.77. The number of benzene rings is 1. The van der Waals surface area contributed by atoms with Gasteiger partial charge in [-0.2, -0.15) is 5.26 Å². The fraction of sp³-hybridized carbons (Fsp3) is 0.111. The van der Waals surface area contributed by atoms with Crippen molar-refractivity contribution in [2.45, 2.75) is 6.61 Å². The number of fused-ring (bicyclic) bond motifs is 1. The highest BCUT2D eigenvalue weighted by molar-refractivity contribution is 5.91. The molecule has 0 amide bonds. The fourth-order valence-electron chi connectivity index (χ4n) is 1.17. The third kappa shape index (κ3) is 1.44. The molecule has 4 heteroatoms. The molecule has 1 aromatic carbocycles. The van der Waals surface area contributed by atoms with Crippen LogP contribution in [0.1, 0.15) is 5.56 Å². The van der Waals surface area contributed by atoms with Crippen molar-refractivity contribution in [1.82, 2.24) is 0 Å². The summed E-state index contributed by atoms with van der Waals surface area (Å²) in [5.74, 6) is 0. The lowest BCUT2D eigenvalue weighted by Crippen LogP contribution is -2.21. The predicted molar refractivity (Wildman–Crippen MR) is 47.9 cm³/mol. The molecule has 1 N–H and O–H groups in total. The summed E-state index contributed by atoms with van der Waals surface area (Å²) in [4.78, 5) is 3.47. The number of amidine groups is 1. The van der Waals surface area contributed by atoms with Crippen molar-refractivity contribution in [2.75, 3.05) is 5.32 Å². The highest BCUT2D eigenvalue weighted by Gasteiger charge is 2.12. The zero-order chi connectivity index (χ0) is 9.10. The summed E-state index contributed by atoms with van der Waals surface area (Å²) in [7, 11) is 0. The first-order valence-corrected chi connectivity index (χ1v) is 3.84. The van der Waals surface area contributed by atoms with Crippen LogP contribution in [0, 0.1) is 11.5 Å².